The fraction of sp³-hybridized carbons (Fsp3) is 0.778. The van der Waals surface area contributed by atoms with E-state index in [1.165, 1.54) is 68.9 Å². The summed E-state index contributed by atoms with van der Waals surface area (Å²) in [4.78, 5) is 0. The predicted molar refractivity (Wildman–Crippen MR) is 123 cm³/mol. The van der Waals surface area contributed by atoms with Crippen LogP contribution in [0.1, 0.15) is 110 Å². The van der Waals surface area contributed by atoms with E-state index in [2.05, 4.69) is 59.7 Å². The average molecular weight is 387 g/mol. The minimum Gasteiger partial charge on any atom is -0.487 e. The summed E-state index contributed by atoms with van der Waals surface area (Å²) in [5.41, 5.74) is 2.72. The quantitative estimate of drug-likeness (QED) is 0.350. The van der Waals surface area contributed by atoms with Crippen LogP contribution in [0.15, 0.2) is 18.2 Å². The van der Waals surface area contributed by atoms with E-state index in [9.17, 15) is 0 Å². The van der Waals surface area contributed by atoms with Gasteiger partial charge in [0.1, 0.15) is 11.4 Å². The third kappa shape index (κ3) is 7.80. The van der Waals surface area contributed by atoms with Gasteiger partial charge in [-0.25, -0.2) is 0 Å². The van der Waals surface area contributed by atoms with Gasteiger partial charge in [0, 0.05) is 0 Å². The first kappa shape index (κ1) is 23.3. The Kier molecular flexibility index (Phi) is 9.38. The zero-order valence-electron chi connectivity index (χ0n) is 19.7. The molecule has 1 aliphatic heterocycles. The fourth-order valence-electron chi connectivity index (χ4n) is 4.73. The summed E-state index contributed by atoms with van der Waals surface area (Å²) in [6, 6.07) is 6.57. The molecule has 0 saturated heterocycles. The number of aryl methyl sites for hydroxylation is 2. The molecule has 0 aromatic heterocycles. The van der Waals surface area contributed by atoms with Crippen molar-refractivity contribution in [1.82, 2.24) is 0 Å². The van der Waals surface area contributed by atoms with E-state index in [4.69, 9.17) is 4.74 Å². The maximum atomic E-state index is 6.50. The van der Waals surface area contributed by atoms with Gasteiger partial charge in [0.2, 0.25) is 0 Å². The molecule has 1 aromatic carbocycles. The number of fused-ring (bicyclic) bond motifs is 1. The van der Waals surface area contributed by atoms with E-state index in [0.717, 1.165) is 36.3 Å². The minimum absolute atomic E-state index is 0.0315. The molecule has 1 heteroatoms. The lowest BCUT2D eigenvalue weighted by atomic mass is 9.86. The summed E-state index contributed by atoms with van der Waals surface area (Å²) in [6.07, 6.45) is 14.6. The third-order valence-electron chi connectivity index (χ3n) is 6.84. The first-order valence-electron chi connectivity index (χ1n) is 12.1. The molecular weight excluding hydrogens is 340 g/mol. The van der Waals surface area contributed by atoms with Crippen LogP contribution in [0.2, 0.25) is 0 Å². The Morgan fingerprint density at radius 3 is 2.14 bits per heavy atom. The van der Waals surface area contributed by atoms with Crippen molar-refractivity contribution < 1.29 is 4.74 Å². The maximum absolute atomic E-state index is 6.50. The van der Waals surface area contributed by atoms with Gasteiger partial charge in [-0.3, -0.25) is 0 Å². The molecule has 0 bridgehead atoms. The molecule has 3 unspecified atom stereocenters. The number of rotatable bonds is 12. The van der Waals surface area contributed by atoms with E-state index < -0.39 is 0 Å². The number of ether oxygens (including phenoxy) is 1. The lowest BCUT2D eigenvalue weighted by Gasteiger charge is -2.37. The number of hydrogen-bond donors (Lipinski definition) is 0. The summed E-state index contributed by atoms with van der Waals surface area (Å²) in [5, 5.41) is 0. The normalized spacial score (nSPS) is 21.2. The molecule has 0 fully saturated rings. The molecule has 0 aliphatic carbocycles. The van der Waals surface area contributed by atoms with E-state index in [-0.39, 0.29) is 5.60 Å². The van der Waals surface area contributed by atoms with Crippen LogP contribution in [-0.2, 0) is 6.42 Å². The molecule has 28 heavy (non-hydrogen) atoms. The smallest absolute Gasteiger partial charge is 0.126 e. The number of benzene rings is 1. The molecule has 0 radical (unpaired) electrons. The van der Waals surface area contributed by atoms with Crippen molar-refractivity contribution in [2.75, 3.05) is 0 Å². The van der Waals surface area contributed by atoms with Crippen LogP contribution in [-0.4, -0.2) is 5.60 Å². The first-order valence-corrected chi connectivity index (χ1v) is 12.1. The summed E-state index contributed by atoms with van der Waals surface area (Å²) < 4.78 is 6.50. The van der Waals surface area contributed by atoms with Crippen LogP contribution in [0.5, 0.6) is 5.75 Å². The highest BCUT2D eigenvalue weighted by Gasteiger charge is 2.31. The highest BCUT2D eigenvalue weighted by Crippen LogP contribution is 2.38. The molecule has 1 aromatic rings. The largest absolute Gasteiger partial charge is 0.487 e. The summed E-state index contributed by atoms with van der Waals surface area (Å²) in [7, 11) is 0. The highest BCUT2D eigenvalue weighted by atomic mass is 16.5. The van der Waals surface area contributed by atoms with Crippen molar-refractivity contribution in [2.24, 2.45) is 17.8 Å². The van der Waals surface area contributed by atoms with Crippen molar-refractivity contribution in [1.29, 1.82) is 0 Å². The molecule has 1 nitrogen and oxygen atoms in total. The van der Waals surface area contributed by atoms with Gasteiger partial charge in [0.25, 0.3) is 0 Å². The minimum atomic E-state index is 0.0315. The lowest BCUT2D eigenvalue weighted by molar-refractivity contribution is 0.0516. The van der Waals surface area contributed by atoms with Gasteiger partial charge in [-0.15, -0.1) is 0 Å². The SMILES string of the molecule is Cc1cccc2c1OC(C)(CCCC(C)CCCC(C)CCCC(C)C)CC2. The van der Waals surface area contributed by atoms with E-state index in [1.807, 2.05) is 0 Å². The Bertz CT molecular complexity index is 576. The van der Waals surface area contributed by atoms with Crippen LogP contribution in [0, 0.1) is 24.7 Å². The van der Waals surface area contributed by atoms with Crippen molar-refractivity contribution in [3.05, 3.63) is 29.3 Å². The Morgan fingerprint density at radius 1 is 0.893 bits per heavy atom. The van der Waals surface area contributed by atoms with Crippen molar-refractivity contribution in [2.45, 2.75) is 118 Å². The Balaban J connectivity index is 1.62. The van der Waals surface area contributed by atoms with Gasteiger partial charge in [0.05, 0.1) is 0 Å². The summed E-state index contributed by atoms with van der Waals surface area (Å²) >= 11 is 0. The number of hydrogen-bond acceptors (Lipinski definition) is 1. The standard InChI is InChI=1S/C27H46O/c1-21(2)11-7-12-22(3)13-8-14-23(4)15-10-19-27(6)20-18-25-17-9-16-24(5)26(25)28-27/h9,16-17,21-23H,7-8,10-15,18-20H2,1-6H3. The van der Waals surface area contributed by atoms with Gasteiger partial charge in [-0.1, -0.05) is 90.8 Å². The second-order valence-corrected chi connectivity index (χ2v) is 10.5. The topological polar surface area (TPSA) is 9.23 Å². The van der Waals surface area contributed by atoms with Gasteiger partial charge in [-0.2, -0.15) is 0 Å². The molecule has 0 N–H and O–H groups in total. The zero-order chi connectivity index (χ0) is 20.6. The molecule has 0 amide bonds. The molecule has 160 valence electrons. The third-order valence-corrected chi connectivity index (χ3v) is 6.84. The lowest BCUT2D eigenvalue weighted by Crippen LogP contribution is -2.36. The molecule has 3 atom stereocenters. The Labute approximate surface area is 175 Å². The maximum Gasteiger partial charge on any atom is 0.126 e. The fourth-order valence-corrected chi connectivity index (χ4v) is 4.73. The van der Waals surface area contributed by atoms with Gasteiger partial charge < -0.3 is 4.74 Å². The molecule has 0 spiro atoms. The van der Waals surface area contributed by atoms with E-state index in [1.54, 1.807) is 0 Å². The van der Waals surface area contributed by atoms with Crippen molar-refractivity contribution in [3.63, 3.8) is 0 Å². The Hall–Kier alpha value is -0.980. The van der Waals surface area contributed by atoms with Crippen LogP contribution < -0.4 is 4.74 Å². The molecule has 1 heterocycles. The monoisotopic (exact) mass is 386 g/mol. The molecular formula is C27H46O. The average Bonchev–Trinajstić information content (AvgIpc) is 2.62. The number of para-hydroxylation sites is 1. The first-order chi connectivity index (χ1) is 13.3. The molecule has 0 saturated carbocycles. The van der Waals surface area contributed by atoms with Crippen LogP contribution >= 0.6 is 0 Å². The van der Waals surface area contributed by atoms with Crippen molar-refractivity contribution >= 4 is 0 Å². The highest BCUT2D eigenvalue weighted by molar-refractivity contribution is 5.42. The van der Waals surface area contributed by atoms with Crippen LogP contribution in [0.3, 0.4) is 0 Å². The summed E-state index contributed by atoms with van der Waals surface area (Å²) in [5.74, 6) is 3.78. The zero-order valence-corrected chi connectivity index (χ0v) is 19.7. The van der Waals surface area contributed by atoms with Gasteiger partial charge >= 0.3 is 0 Å². The van der Waals surface area contributed by atoms with Gasteiger partial charge in [0.15, 0.2) is 0 Å². The van der Waals surface area contributed by atoms with Crippen molar-refractivity contribution in [3.8, 4) is 5.75 Å². The second-order valence-electron chi connectivity index (χ2n) is 10.5. The van der Waals surface area contributed by atoms with E-state index >= 15 is 0 Å². The Morgan fingerprint density at radius 2 is 1.50 bits per heavy atom. The van der Waals surface area contributed by atoms with Crippen LogP contribution in [0.4, 0.5) is 0 Å². The predicted octanol–water partition coefficient (Wildman–Crippen LogP) is 8.52. The van der Waals surface area contributed by atoms with Crippen LogP contribution in [0.25, 0.3) is 0 Å². The molecule has 2 rings (SSSR count). The molecule has 1 aliphatic rings. The van der Waals surface area contributed by atoms with E-state index in [0.29, 0.717) is 0 Å². The van der Waals surface area contributed by atoms with Gasteiger partial charge in [-0.05, 0) is 68.4 Å². The summed E-state index contributed by atoms with van der Waals surface area (Å²) in [6.45, 7) is 14.1. The second kappa shape index (κ2) is 11.3.